The van der Waals surface area contributed by atoms with Crippen LogP contribution < -0.4 is 5.32 Å². The molecule has 5 nitrogen and oxygen atoms in total. The fraction of sp³-hybridized carbons (Fsp3) is 0.529. The Morgan fingerprint density at radius 2 is 2.18 bits per heavy atom. The summed E-state index contributed by atoms with van der Waals surface area (Å²) >= 11 is 0. The lowest BCUT2D eigenvalue weighted by atomic mass is 9.79. The molecule has 0 aliphatic carbocycles. The van der Waals surface area contributed by atoms with Crippen LogP contribution in [0.5, 0.6) is 0 Å². The minimum absolute atomic E-state index is 0.120. The van der Waals surface area contributed by atoms with E-state index in [2.05, 4.69) is 22.1 Å². The first-order valence-corrected chi connectivity index (χ1v) is 8.03. The highest BCUT2D eigenvalue weighted by molar-refractivity contribution is 6.03. The van der Waals surface area contributed by atoms with Gasteiger partial charge in [-0.15, -0.1) is 0 Å². The highest BCUT2D eigenvalue weighted by atomic mass is 16.3. The number of furan rings is 1. The van der Waals surface area contributed by atoms with E-state index in [1.165, 1.54) is 12.8 Å². The smallest absolute Gasteiger partial charge is 0.274 e. The van der Waals surface area contributed by atoms with Gasteiger partial charge in [-0.3, -0.25) is 9.69 Å². The van der Waals surface area contributed by atoms with Gasteiger partial charge in [0, 0.05) is 23.7 Å². The molecule has 0 aromatic carbocycles. The average Bonchev–Trinajstić information content (AvgIpc) is 2.91. The summed E-state index contributed by atoms with van der Waals surface area (Å²) in [5.74, 6) is 1.26. The first-order chi connectivity index (χ1) is 10.6. The zero-order valence-corrected chi connectivity index (χ0v) is 13.0. The van der Waals surface area contributed by atoms with E-state index in [1.54, 1.807) is 6.20 Å². The molecule has 0 unspecified atom stereocenters. The van der Waals surface area contributed by atoms with Crippen molar-refractivity contribution in [2.24, 2.45) is 5.92 Å². The summed E-state index contributed by atoms with van der Waals surface area (Å²) in [5.41, 5.74) is 0.987. The Morgan fingerprint density at radius 1 is 1.41 bits per heavy atom. The molecule has 2 bridgehead atoms. The minimum Gasteiger partial charge on any atom is -0.459 e. The largest absolute Gasteiger partial charge is 0.459 e. The number of pyridine rings is 1. The Labute approximate surface area is 129 Å². The van der Waals surface area contributed by atoms with Crippen LogP contribution in [0, 0.1) is 12.8 Å². The minimum atomic E-state index is -0.120. The number of aromatic nitrogens is 1. The third-order valence-electron chi connectivity index (χ3n) is 5.25. The molecule has 0 spiro atoms. The third kappa shape index (κ3) is 2.11. The summed E-state index contributed by atoms with van der Waals surface area (Å²) in [5, 5.41) is 4.14. The molecule has 1 amide bonds. The molecule has 2 atom stereocenters. The van der Waals surface area contributed by atoms with Gasteiger partial charge in [0.2, 0.25) is 0 Å². The van der Waals surface area contributed by atoms with E-state index in [1.807, 2.05) is 19.1 Å². The van der Waals surface area contributed by atoms with E-state index in [0.29, 0.717) is 23.2 Å². The first kappa shape index (κ1) is 13.8. The van der Waals surface area contributed by atoms with Crippen molar-refractivity contribution in [2.45, 2.75) is 38.8 Å². The Balaban J connectivity index is 1.61. The van der Waals surface area contributed by atoms with Gasteiger partial charge in [0.25, 0.3) is 5.91 Å². The normalized spacial score (nSPS) is 30.6. The van der Waals surface area contributed by atoms with Gasteiger partial charge in [-0.1, -0.05) is 0 Å². The SMILES string of the molecule is Cc1cc2ccnc(C(=O)N[C@@H]3C4CCN(CC4)[C@H]3C)c2o1. The summed E-state index contributed by atoms with van der Waals surface area (Å²) in [6, 6.07) is 4.42. The number of nitrogens with one attached hydrogen (secondary N) is 1. The number of carbonyl (C=O) groups excluding carboxylic acids is 1. The fourth-order valence-electron chi connectivity index (χ4n) is 4.02. The predicted molar refractivity (Wildman–Crippen MR) is 83.8 cm³/mol. The zero-order valence-electron chi connectivity index (χ0n) is 13.0. The van der Waals surface area contributed by atoms with E-state index in [-0.39, 0.29) is 11.9 Å². The van der Waals surface area contributed by atoms with Crippen LogP contribution in [0.15, 0.2) is 22.7 Å². The molecule has 3 fully saturated rings. The molecule has 3 saturated heterocycles. The Kier molecular flexibility index (Phi) is 3.18. The molecule has 5 heteroatoms. The predicted octanol–water partition coefficient (Wildman–Crippen LogP) is 2.35. The lowest BCUT2D eigenvalue weighted by molar-refractivity contribution is 0.0216. The van der Waals surface area contributed by atoms with E-state index in [9.17, 15) is 4.79 Å². The van der Waals surface area contributed by atoms with Crippen molar-refractivity contribution in [3.8, 4) is 0 Å². The van der Waals surface area contributed by atoms with Gasteiger partial charge in [0.05, 0.1) is 0 Å². The topological polar surface area (TPSA) is 58.4 Å². The van der Waals surface area contributed by atoms with Gasteiger partial charge in [0.15, 0.2) is 11.3 Å². The summed E-state index contributed by atoms with van der Waals surface area (Å²) in [7, 11) is 0. The molecular formula is C17H21N3O2. The maximum Gasteiger partial charge on any atom is 0.274 e. The van der Waals surface area contributed by atoms with E-state index in [0.717, 1.165) is 24.2 Å². The second kappa shape index (κ2) is 5.09. The van der Waals surface area contributed by atoms with Gasteiger partial charge < -0.3 is 9.73 Å². The molecule has 0 saturated carbocycles. The van der Waals surface area contributed by atoms with Gasteiger partial charge in [-0.25, -0.2) is 4.98 Å². The maximum absolute atomic E-state index is 12.7. The number of aryl methyl sites for hydroxylation is 1. The molecule has 1 N–H and O–H groups in total. The Hall–Kier alpha value is -1.88. The molecule has 22 heavy (non-hydrogen) atoms. The molecule has 5 heterocycles. The molecule has 2 aromatic rings. The molecule has 0 radical (unpaired) electrons. The monoisotopic (exact) mass is 299 g/mol. The van der Waals surface area contributed by atoms with Crippen molar-refractivity contribution in [3.63, 3.8) is 0 Å². The maximum atomic E-state index is 12.7. The van der Waals surface area contributed by atoms with Crippen LogP contribution in [0.2, 0.25) is 0 Å². The van der Waals surface area contributed by atoms with Crippen LogP contribution in [0.3, 0.4) is 0 Å². The van der Waals surface area contributed by atoms with Gasteiger partial charge in [-0.05, 0) is 57.8 Å². The quantitative estimate of drug-likeness (QED) is 0.925. The number of amides is 1. The number of carbonyl (C=O) groups is 1. The summed E-state index contributed by atoms with van der Waals surface area (Å²) in [4.78, 5) is 19.4. The average molecular weight is 299 g/mol. The molecule has 3 aliphatic rings. The van der Waals surface area contributed by atoms with E-state index >= 15 is 0 Å². The van der Waals surface area contributed by atoms with Crippen molar-refractivity contribution >= 4 is 16.9 Å². The Bertz CT molecular complexity index is 714. The Morgan fingerprint density at radius 3 is 2.91 bits per heavy atom. The number of nitrogens with zero attached hydrogens (tertiary/aromatic N) is 2. The van der Waals surface area contributed by atoms with Crippen LogP contribution in [0.1, 0.15) is 36.0 Å². The van der Waals surface area contributed by atoms with Gasteiger partial charge in [0.1, 0.15) is 5.76 Å². The number of hydrogen-bond acceptors (Lipinski definition) is 4. The first-order valence-electron chi connectivity index (χ1n) is 8.03. The second-order valence-electron chi connectivity index (χ2n) is 6.55. The van der Waals surface area contributed by atoms with Crippen molar-refractivity contribution < 1.29 is 9.21 Å². The van der Waals surface area contributed by atoms with Crippen LogP contribution in [-0.2, 0) is 0 Å². The van der Waals surface area contributed by atoms with Crippen LogP contribution >= 0.6 is 0 Å². The van der Waals surface area contributed by atoms with Crippen molar-refractivity contribution in [3.05, 3.63) is 29.8 Å². The van der Waals surface area contributed by atoms with Crippen molar-refractivity contribution in [1.29, 1.82) is 0 Å². The fourth-order valence-corrected chi connectivity index (χ4v) is 4.02. The second-order valence-corrected chi connectivity index (χ2v) is 6.55. The van der Waals surface area contributed by atoms with E-state index in [4.69, 9.17) is 4.42 Å². The molecule has 3 aliphatic heterocycles. The zero-order chi connectivity index (χ0) is 15.3. The summed E-state index contributed by atoms with van der Waals surface area (Å²) in [6.45, 7) is 6.41. The van der Waals surface area contributed by atoms with E-state index < -0.39 is 0 Å². The van der Waals surface area contributed by atoms with Gasteiger partial charge >= 0.3 is 0 Å². The number of hydrogen-bond donors (Lipinski definition) is 1. The number of piperidine rings is 3. The van der Waals surface area contributed by atoms with Crippen LogP contribution in [-0.4, -0.2) is 41.0 Å². The molecule has 5 rings (SSSR count). The highest BCUT2D eigenvalue weighted by Gasteiger charge is 2.40. The van der Waals surface area contributed by atoms with Crippen molar-refractivity contribution in [2.75, 3.05) is 13.1 Å². The summed E-state index contributed by atoms with van der Waals surface area (Å²) in [6.07, 6.45) is 4.02. The third-order valence-corrected chi connectivity index (χ3v) is 5.25. The lowest BCUT2D eigenvalue weighted by Crippen LogP contribution is -2.62. The van der Waals surface area contributed by atoms with Gasteiger partial charge in [-0.2, -0.15) is 0 Å². The highest BCUT2D eigenvalue weighted by Crippen LogP contribution is 2.32. The summed E-state index contributed by atoms with van der Waals surface area (Å²) < 4.78 is 5.66. The molecule has 116 valence electrons. The van der Waals surface area contributed by atoms with Crippen LogP contribution in [0.25, 0.3) is 11.0 Å². The van der Waals surface area contributed by atoms with Crippen molar-refractivity contribution in [1.82, 2.24) is 15.2 Å². The standard InChI is InChI=1S/C17H21N3O2/c1-10-9-13-3-6-18-15(16(13)22-10)17(21)19-14-11(2)20-7-4-12(14)5-8-20/h3,6,9,11-12,14H,4-5,7-8H2,1-2H3,(H,19,21)/t11-,14-/m0/s1. The lowest BCUT2D eigenvalue weighted by Gasteiger charge is -2.49. The van der Waals surface area contributed by atoms with Crippen LogP contribution in [0.4, 0.5) is 0 Å². The number of fused-ring (bicyclic) bond motifs is 4. The molecular weight excluding hydrogens is 278 g/mol. The number of rotatable bonds is 2. The molecule has 2 aromatic heterocycles.